The second kappa shape index (κ2) is 8.89. The fraction of sp³-hybridized carbons (Fsp3) is 0.667. The number of carbonyl (C=O) groups excluding carboxylic acids is 1. The standard InChI is InChI=1S/C18H30N2O2/c1-6-15(3)12-18(4,5)20(14-17(21)22-7-2)13-16-10-8-9-11-19-16/h8-11,15H,6-7,12-14H2,1-5H3. The average molecular weight is 306 g/mol. The number of pyridine rings is 1. The van der Waals surface area contributed by atoms with Crippen molar-refractivity contribution in [3.05, 3.63) is 30.1 Å². The van der Waals surface area contributed by atoms with E-state index >= 15 is 0 Å². The quantitative estimate of drug-likeness (QED) is 0.653. The molecule has 1 aromatic heterocycles. The molecule has 1 unspecified atom stereocenters. The van der Waals surface area contributed by atoms with Crippen molar-refractivity contribution in [3.63, 3.8) is 0 Å². The van der Waals surface area contributed by atoms with Crippen LogP contribution in [-0.2, 0) is 16.1 Å². The van der Waals surface area contributed by atoms with Crippen molar-refractivity contribution >= 4 is 5.97 Å². The molecule has 0 fully saturated rings. The summed E-state index contributed by atoms with van der Waals surface area (Å²) in [6.45, 7) is 12.1. The van der Waals surface area contributed by atoms with Crippen molar-refractivity contribution in [1.82, 2.24) is 9.88 Å². The lowest BCUT2D eigenvalue weighted by Crippen LogP contribution is -2.47. The summed E-state index contributed by atoms with van der Waals surface area (Å²) < 4.78 is 5.14. The van der Waals surface area contributed by atoms with Crippen LogP contribution in [0.4, 0.5) is 0 Å². The highest BCUT2D eigenvalue weighted by Crippen LogP contribution is 2.26. The van der Waals surface area contributed by atoms with Gasteiger partial charge in [-0.1, -0.05) is 26.3 Å². The summed E-state index contributed by atoms with van der Waals surface area (Å²) in [7, 11) is 0. The Morgan fingerprint density at radius 3 is 2.64 bits per heavy atom. The van der Waals surface area contributed by atoms with Crippen molar-refractivity contribution in [2.45, 2.75) is 59.5 Å². The summed E-state index contributed by atoms with van der Waals surface area (Å²) in [4.78, 5) is 18.5. The molecule has 4 heteroatoms. The van der Waals surface area contributed by atoms with E-state index in [0.717, 1.165) is 18.5 Å². The molecule has 0 saturated heterocycles. The molecule has 1 rings (SSSR count). The fourth-order valence-electron chi connectivity index (χ4n) is 2.66. The predicted octanol–water partition coefficient (Wildman–Crippen LogP) is 3.66. The minimum atomic E-state index is -0.171. The Hall–Kier alpha value is -1.42. The van der Waals surface area contributed by atoms with E-state index in [4.69, 9.17) is 4.74 Å². The van der Waals surface area contributed by atoms with Crippen LogP contribution in [0, 0.1) is 5.92 Å². The Balaban J connectivity index is 2.86. The number of hydrogen-bond acceptors (Lipinski definition) is 4. The van der Waals surface area contributed by atoms with Gasteiger partial charge in [-0.3, -0.25) is 14.7 Å². The fourth-order valence-corrected chi connectivity index (χ4v) is 2.66. The molecule has 0 saturated carbocycles. The lowest BCUT2D eigenvalue weighted by molar-refractivity contribution is -0.146. The number of rotatable bonds is 9. The number of ether oxygens (including phenoxy) is 1. The number of hydrogen-bond donors (Lipinski definition) is 0. The maximum atomic E-state index is 12.0. The first-order chi connectivity index (χ1) is 10.4. The second-order valence-electron chi connectivity index (χ2n) is 6.51. The molecule has 0 bridgehead atoms. The summed E-state index contributed by atoms with van der Waals surface area (Å²) >= 11 is 0. The van der Waals surface area contributed by atoms with Crippen LogP contribution in [0.25, 0.3) is 0 Å². The predicted molar refractivity (Wildman–Crippen MR) is 89.4 cm³/mol. The molecule has 22 heavy (non-hydrogen) atoms. The maximum absolute atomic E-state index is 12.0. The monoisotopic (exact) mass is 306 g/mol. The lowest BCUT2D eigenvalue weighted by Gasteiger charge is -2.39. The normalized spacial score (nSPS) is 13.2. The molecule has 0 aliphatic heterocycles. The van der Waals surface area contributed by atoms with Gasteiger partial charge in [0.25, 0.3) is 0 Å². The van der Waals surface area contributed by atoms with Crippen LogP contribution >= 0.6 is 0 Å². The third kappa shape index (κ3) is 6.14. The highest BCUT2D eigenvalue weighted by molar-refractivity contribution is 5.71. The topological polar surface area (TPSA) is 42.4 Å². The van der Waals surface area contributed by atoms with Gasteiger partial charge in [0.1, 0.15) is 0 Å². The molecule has 0 spiro atoms. The van der Waals surface area contributed by atoms with Gasteiger partial charge in [0, 0.05) is 18.3 Å². The van der Waals surface area contributed by atoms with E-state index in [0.29, 0.717) is 25.6 Å². The number of nitrogens with zero attached hydrogens (tertiary/aromatic N) is 2. The Labute approximate surface area is 134 Å². The highest BCUT2D eigenvalue weighted by atomic mass is 16.5. The first-order valence-electron chi connectivity index (χ1n) is 8.19. The average Bonchev–Trinajstić information content (AvgIpc) is 2.47. The maximum Gasteiger partial charge on any atom is 0.320 e. The van der Waals surface area contributed by atoms with Crippen LogP contribution in [0.1, 0.15) is 53.2 Å². The Kier molecular flexibility index (Phi) is 7.52. The Morgan fingerprint density at radius 1 is 1.36 bits per heavy atom. The van der Waals surface area contributed by atoms with Gasteiger partial charge in [0.2, 0.25) is 0 Å². The number of carbonyl (C=O) groups is 1. The van der Waals surface area contributed by atoms with Gasteiger partial charge in [0.05, 0.1) is 18.8 Å². The minimum Gasteiger partial charge on any atom is -0.465 e. The van der Waals surface area contributed by atoms with E-state index in [9.17, 15) is 4.79 Å². The third-order valence-electron chi connectivity index (χ3n) is 4.11. The molecule has 0 N–H and O–H groups in total. The largest absolute Gasteiger partial charge is 0.465 e. The van der Waals surface area contributed by atoms with Crippen molar-refractivity contribution in [2.75, 3.05) is 13.2 Å². The first-order valence-corrected chi connectivity index (χ1v) is 8.19. The number of esters is 1. The van der Waals surface area contributed by atoms with Crippen LogP contribution in [0.5, 0.6) is 0 Å². The molecule has 4 nitrogen and oxygen atoms in total. The van der Waals surface area contributed by atoms with Gasteiger partial charge in [-0.25, -0.2) is 0 Å². The van der Waals surface area contributed by atoms with Gasteiger partial charge in [-0.15, -0.1) is 0 Å². The smallest absolute Gasteiger partial charge is 0.320 e. The molecule has 1 heterocycles. The summed E-state index contributed by atoms with van der Waals surface area (Å²) in [6, 6.07) is 5.88. The van der Waals surface area contributed by atoms with Crippen LogP contribution in [0.15, 0.2) is 24.4 Å². The first kappa shape index (κ1) is 18.6. The van der Waals surface area contributed by atoms with Gasteiger partial charge >= 0.3 is 5.97 Å². The van der Waals surface area contributed by atoms with Gasteiger partial charge in [-0.2, -0.15) is 0 Å². The molecule has 0 aliphatic carbocycles. The van der Waals surface area contributed by atoms with Gasteiger partial charge < -0.3 is 4.74 Å². The lowest BCUT2D eigenvalue weighted by atomic mass is 9.88. The van der Waals surface area contributed by atoms with Gasteiger partial charge in [-0.05, 0) is 45.2 Å². The minimum absolute atomic E-state index is 0.0836. The second-order valence-corrected chi connectivity index (χ2v) is 6.51. The molecule has 124 valence electrons. The van der Waals surface area contributed by atoms with Crippen LogP contribution in [-0.4, -0.2) is 34.5 Å². The van der Waals surface area contributed by atoms with Crippen molar-refractivity contribution in [3.8, 4) is 0 Å². The van der Waals surface area contributed by atoms with Crippen LogP contribution in [0.2, 0.25) is 0 Å². The van der Waals surface area contributed by atoms with E-state index in [2.05, 4.69) is 37.6 Å². The molecular formula is C18H30N2O2. The molecule has 1 atom stereocenters. The van der Waals surface area contributed by atoms with Crippen LogP contribution in [0.3, 0.4) is 0 Å². The molecule has 0 radical (unpaired) electrons. The van der Waals surface area contributed by atoms with Crippen molar-refractivity contribution < 1.29 is 9.53 Å². The summed E-state index contributed by atoms with van der Waals surface area (Å²) in [5.74, 6) is 0.444. The molecular weight excluding hydrogens is 276 g/mol. The number of aromatic nitrogens is 1. The highest BCUT2D eigenvalue weighted by Gasteiger charge is 2.30. The Bertz CT molecular complexity index is 446. The van der Waals surface area contributed by atoms with E-state index in [1.54, 1.807) is 6.20 Å². The molecule has 1 aromatic rings. The summed E-state index contributed by atoms with van der Waals surface area (Å²) in [5, 5.41) is 0. The molecule has 0 amide bonds. The zero-order valence-electron chi connectivity index (χ0n) is 14.6. The van der Waals surface area contributed by atoms with E-state index < -0.39 is 0 Å². The van der Waals surface area contributed by atoms with Crippen molar-refractivity contribution in [1.29, 1.82) is 0 Å². The van der Waals surface area contributed by atoms with Crippen LogP contribution < -0.4 is 0 Å². The van der Waals surface area contributed by atoms with E-state index in [1.807, 2.05) is 25.1 Å². The zero-order valence-corrected chi connectivity index (χ0v) is 14.6. The SMILES string of the molecule is CCOC(=O)CN(Cc1ccccn1)C(C)(C)CC(C)CC. The van der Waals surface area contributed by atoms with Crippen molar-refractivity contribution in [2.24, 2.45) is 5.92 Å². The third-order valence-corrected chi connectivity index (χ3v) is 4.11. The summed E-state index contributed by atoms with van der Waals surface area (Å²) in [6.07, 6.45) is 3.97. The Morgan fingerprint density at radius 2 is 2.09 bits per heavy atom. The molecule has 0 aliphatic rings. The van der Waals surface area contributed by atoms with Gasteiger partial charge in [0.15, 0.2) is 0 Å². The zero-order chi connectivity index (χ0) is 16.6. The van der Waals surface area contributed by atoms with E-state index in [1.165, 1.54) is 0 Å². The summed E-state index contributed by atoms with van der Waals surface area (Å²) in [5.41, 5.74) is 0.892. The molecule has 0 aromatic carbocycles. The van der Waals surface area contributed by atoms with E-state index in [-0.39, 0.29) is 11.5 Å².